The molecule has 0 aliphatic heterocycles. The maximum atomic E-state index is 8.78. The molecule has 0 aromatic carbocycles. The molecule has 1 aromatic rings. The third kappa shape index (κ3) is 1.50. The van der Waals surface area contributed by atoms with Crippen LogP contribution in [0.2, 0.25) is 0 Å². The van der Waals surface area contributed by atoms with Crippen molar-refractivity contribution in [1.29, 1.82) is 5.26 Å². The van der Waals surface area contributed by atoms with E-state index in [0.29, 0.717) is 17.4 Å². The van der Waals surface area contributed by atoms with Crippen LogP contribution in [-0.4, -0.2) is 4.98 Å². The molecule has 1 heterocycles. The molecule has 0 amide bonds. The van der Waals surface area contributed by atoms with Crippen LogP contribution in [0.3, 0.4) is 0 Å². The topological polar surface area (TPSA) is 36.7 Å². The van der Waals surface area contributed by atoms with Crippen molar-refractivity contribution in [2.45, 2.75) is 32.6 Å². The molecule has 14 heavy (non-hydrogen) atoms. The number of aromatic nitrogens is 1. The summed E-state index contributed by atoms with van der Waals surface area (Å²) in [7, 11) is 0. The Hall–Kier alpha value is -1.36. The number of nitrogens with zero attached hydrogens (tertiary/aromatic N) is 2. The van der Waals surface area contributed by atoms with Gasteiger partial charge in [0, 0.05) is 11.9 Å². The van der Waals surface area contributed by atoms with Crippen LogP contribution in [0.5, 0.6) is 0 Å². The zero-order chi connectivity index (χ0) is 10.1. The van der Waals surface area contributed by atoms with Crippen molar-refractivity contribution in [3.05, 3.63) is 29.1 Å². The van der Waals surface area contributed by atoms with E-state index < -0.39 is 0 Å². The Morgan fingerprint density at radius 1 is 1.50 bits per heavy atom. The molecule has 0 N–H and O–H groups in total. The highest BCUT2D eigenvalue weighted by Gasteiger charge is 2.22. The minimum absolute atomic E-state index is 0.543. The van der Waals surface area contributed by atoms with Gasteiger partial charge < -0.3 is 0 Å². The molecule has 2 nitrogen and oxygen atoms in total. The molecule has 2 heteroatoms. The summed E-state index contributed by atoms with van der Waals surface area (Å²) in [5.74, 6) is 1.26. The molecule has 0 spiro atoms. The zero-order valence-corrected chi connectivity index (χ0v) is 8.62. The Balaban J connectivity index is 2.45. The predicted octanol–water partition coefficient (Wildman–Crippen LogP) is 2.64. The van der Waals surface area contributed by atoms with E-state index in [1.54, 1.807) is 6.20 Å². The fraction of sp³-hybridized carbons (Fsp3) is 0.500. The quantitative estimate of drug-likeness (QED) is 0.624. The van der Waals surface area contributed by atoms with Crippen LogP contribution in [0.1, 0.15) is 43.0 Å². The molecular formula is C12H14N2. The van der Waals surface area contributed by atoms with Crippen LogP contribution < -0.4 is 0 Å². The average Bonchev–Trinajstić information content (AvgIpc) is 2.16. The molecule has 0 saturated carbocycles. The second-order valence-electron chi connectivity index (χ2n) is 4.33. The van der Waals surface area contributed by atoms with Crippen LogP contribution in [0, 0.1) is 17.2 Å². The van der Waals surface area contributed by atoms with Crippen molar-refractivity contribution in [1.82, 2.24) is 4.98 Å². The second kappa shape index (κ2) is 3.42. The molecule has 0 radical (unpaired) electrons. The van der Waals surface area contributed by atoms with Gasteiger partial charge in [-0.3, -0.25) is 4.98 Å². The summed E-state index contributed by atoms with van der Waals surface area (Å²) in [5, 5.41) is 8.78. The second-order valence-corrected chi connectivity index (χ2v) is 4.33. The summed E-state index contributed by atoms with van der Waals surface area (Å²) < 4.78 is 0. The molecule has 0 saturated heterocycles. The lowest BCUT2D eigenvalue weighted by Gasteiger charge is -2.26. The number of nitriles is 1. The normalized spacial score (nSPS) is 25.2. The third-order valence-electron chi connectivity index (χ3n) is 2.92. The van der Waals surface area contributed by atoms with Gasteiger partial charge in [0.25, 0.3) is 0 Å². The number of pyridine rings is 1. The molecule has 2 unspecified atom stereocenters. The maximum Gasteiger partial charge on any atom is 0.101 e. The number of hydrogen-bond donors (Lipinski definition) is 0. The highest BCUT2D eigenvalue weighted by molar-refractivity contribution is 5.35. The smallest absolute Gasteiger partial charge is 0.101 e. The van der Waals surface area contributed by atoms with Crippen molar-refractivity contribution in [3.8, 4) is 6.07 Å². The first-order valence-electron chi connectivity index (χ1n) is 5.09. The number of hydrogen-bond acceptors (Lipinski definition) is 2. The predicted molar refractivity (Wildman–Crippen MR) is 54.9 cm³/mol. The van der Waals surface area contributed by atoms with Gasteiger partial charge in [-0.2, -0.15) is 5.26 Å². The highest BCUT2D eigenvalue weighted by Crippen LogP contribution is 2.32. The Kier molecular flexibility index (Phi) is 2.25. The summed E-state index contributed by atoms with van der Waals surface area (Å²) >= 11 is 0. The standard InChI is InChI=1S/C12H14N2/c1-8-3-9(2)12-11(4-8)5-10(6-13)7-14-12/h5,7-9H,3-4H2,1-2H3. The van der Waals surface area contributed by atoms with E-state index in [1.165, 1.54) is 17.7 Å². The van der Waals surface area contributed by atoms with Gasteiger partial charge in [-0.25, -0.2) is 0 Å². The molecular weight excluding hydrogens is 172 g/mol. The first kappa shape index (κ1) is 9.21. The van der Waals surface area contributed by atoms with Crippen molar-refractivity contribution in [3.63, 3.8) is 0 Å². The van der Waals surface area contributed by atoms with Crippen LogP contribution in [0.15, 0.2) is 12.3 Å². The lowest BCUT2D eigenvalue weighted by Crippen LogP contribution is -2.16. The van der Waals surface area contributed by atoms with E-state index in [0.717, 1.165) is 6.42 Å². The van der Waals surface area contributed by atoms with E-state index >= 15 is 0 Å². The molecule has 1 aliphatic carbocycles. The Morgan fingerprint density at radius 2 is 2.29 bits per heavy atom. The van der Waals surface area contributed by atoms with Crippen LogP contribution in [0.25, 0.3) is 0 Å². The van der Waals surface area contributed by atoms with Crippen molar-refractivity contribution >= 4 is 0 Å². The fourth-order valence-corrected chi connectivity index (χ4v) is 2.36. The summed E-state index contributed by atoms with van der Waals surface area (Å²) in [6.07, 6.45) is 3.97. The van der Waals surface area contributed by atoms with E-state index in [1.807, 2.05) is 6.07 Å². The molecule has 2 atom stereocenters. The molecule has 1 aromatic heterocycles. The summed E-state index contributed by atoms with van der Waals surface area (Å²) in [6.45, 7) is 4.48. The number of fused-ring (bicyclic) bond motifs is 1. The summed E-state index contributed by atoms with van der Waals surface area (Å²) in [5.41, 5.74) is 3.16. The average molecular weight is 186 g/mol. The van der Waals surface area contributed by atoms with Gasteiger partial charge in [0.2, 0.25) is 0 Å². The first-order chi connectivity index (χ1) is 6.70. The van der Waals surface area contributed by atoms with Gasteiger partial charge in [0.15, 0.2) is 0 Å². The van der Waals surface area contributed by atoms with E-state index in [4.69, 9.17) is 5.26 Å². The lowest BCUT2D eigenvalue weighted by molar-refractivity contribution is 0.441. The largest absolute Gasteiger partial charge is 0.259 e. The monoisotopic (exact) mass is 186 g/mol. The molecule has 2 rings (SSSR count). The van der Waals surface area contributed by atoms with Crippen molar-refractivity contribution in [2.24, 2.45) is 5.92 Å². The van der Waals surface area contributed by atoms with Crippen molar-refractivity contribution in [2.75, 3.05) is 0 Å². The lowest BCUT2D eigenvalue weighted by atomic mass is 9.81. The van der Waals surface area contributed by atoms with E-state index in [2.05, 4.69) is 24.9 Å². The van der Waals surface area contributed by atoms with Gasteiger partial charge in [-0.15, -0.1) is 0 Å². The molecule has 72 valence electrons. The van der Waals surface area contributed by atoms with Gasteiger partial charge in [0.05, 0.1) is 5.56 Å². The molecule has 1 aliphatic rings. The SMILES string of the molecule is CC1Cc2cc(C#N)cnc2C(C)C1. The van der Waals surface area contributed by atoms with E-state index in [-0.39, 0.29) is 0 Å². The maximum absolute atomic E-state index is 8.78. The first-order valence-corrected chi connectivity index (χ1v) is 5.09. The summed E-state index contributed by atoms with van der Waals surface area (Å²) in [6, 6.07) is 4.14. The zero-order valence-electron chi connectivity index (χ0n) is 8.62. The molecule has 0 fully saturated rings. The Morgan fingerprint density at radius 3 is 3.00 bits per heavy atom. The molecule has 0 bridgehead atoms. The van der Waals surface area contributed by atoms with Gasteiger partial charge in [-0.1, -0.05) is 13.8 Å². The Labute approximate surface area is 84.6 Å². The van der Waals surface area contributed by atoms with Gasteiger partial charge >= 0.3 is 0 Å². The number of rotatable bonds is 0. The van der Waals surface area contributed by atoms with Gasteiger partial charge in [-0.05, 0) is 36.3 Å². The Bertz CT molecular complexity index is 390. The minimum atomic E-state index is 0.543. The van der Waals surface area contributed by atoms with Crippen molar-refractivity contribution < 1.29 is 0 Å². The highest BCUT2D eigenvalue weighted by atomic mass is 14.7. The van der Waals surface area contributed by atoms with Crippen LogP contribution in [-0.2, 0) is 6.42 Å². The van der Waals surface area contributed by atoms with E-state index in [9.17, 15) is 0 Å². The summed E-state index contributed by atoms with van der Waals surface area (Å²) in [4.78, 5) is 4.38. The van der Waals surface area contributed by atoms with Gasteiger partial charge in [0.1, 0.15) is 6.07 Å². The van der Waals surface area contributed by atoms with Crippen LogP contribution >= 0.6 is 0 Å². The fourth-order valence-electron chi connectivity index (χ4n) is 2.36. The third-order valence-corrected chi connectivity index (χ3v) is 2.92. The minimum Gasteiger partial charge on any atom is -0.259 e. The van der Waals surface area contributed by atoms with Crippen LogP contribution in [0.4, 0.5) is 0 Å².